The van der Waals surface area contributed by atoms with Gasteiger partial charge >= 0.3 is 6.03 Å². The number of methoxy groups -OCH3 is 1. The Bertz CT molecular complexity index is 1050. The van der Waals surface area contributed by atoms with Crippen molar-refractivity contribution in [3.05, 3.63) is 76.2 Å². The van der Waals surface area contributed by atoms with E-state index in [1.165, 1.54) is 13.2 Å². The lowest BCUT2D eigenvalue weighted by Gasteiger charge is -2.19. The number of anilines is 1. The molecule has 0 bridgehead atoms. The van der Waals surface area contributed by atoms with Gasteiger partial charge in [0.05, 0.1) is 34.1 Å². The van der Waals surface area contributed by atoms with E-state index in [1.807, 2.05) is 0 Å². The molecule has 0 aliphatic rings. The zero-order chi connectivity index (χ0) is 21.0. The number of urea groups is 1. The van der Waals surface area contributed by atoms with Gasteiger partial charge in [0.2, 0.25) is 0 Å². The van der Waals surface area contributed by atoms with Crippen LogP contribution in [0.2, 0.25) is 10.0 Å². The van der Waals surface area contributed by atoms with E-state index in [9.17, 15) is 9.18 Å². The van der Waals surface area contributed by atoms with Crippen LogP contribution in [0.3, 0.4) is 0 Å². The first-order valence-electron chi connectivity index (χ1n) is 8.41. The minimum atomic E-state index is -0.534. The van der Waals surface area contributed by atoms with Gasteiger partial charge in [-0.15, -0.1) is 0 Å². The average molecular weight is 452 g/mol. The van der Waals surface area contributed by atoms with Crippen molar-refractivity contribution in [3.8, 4) is 17.0 Å². The topological polar surface area (TPSA) is 54.5 Å². The summed E-state index contributed by atoms with van der Waals surface area (Å²) in [6.45, 7) is 0.0781. The third-order valence-electron chi connectivity index (χ3n) is 4.11. The van der Waals surface area contributed by atoms with Gasteiger partial charge in [0.1, 0.15) is 11.6 Å². The van der Waals surface area contributed by atoms with Crippen molar-refractivity contribution in [1.82, 2.24) is 10.3 Å². The van der Waals surface area contributed by atoms with Crippen LogP contribution in [0.25, 0.3) is 11.3 Å². The van der Waals surface area contributed by atoms with Crippen LogP contribution >= 0.6 is 36.0 Å². The van der Waals surface area contributed by atoms with Crippen LogP contribution in [0.15, 0.2) is 54.7 Å². The summed E-state index contributed by atoms with van der Waals surface area (Å²) in [7, 11) is 1.45. The number of carbonyl (C=O) groups is 1. The number of amides is 2. The molecule has 0 saturated carbocycles. The highest BCUT2D eigenvalue weighted by atomic mass is 35.5. The SMILES string of the molecule is COc1cccc(F)c1-c1ncccc1CNC(=O)N(S)c1cccc(Cl)c1Cl. The van der Waals surface area contributed by atoms with Gasteiger partial charge in [0.25, 0.3) is 0 Å². The van der Waals surface area contributed by atoms with Crippen LogP contribution < -0.4 is 14.4 Å². The van der Waals surface area contributed by atoms with Crippen molar-refractivity contribution in [2.45, 2.75) is 6.54 Å². The third-order valence-corrected chi connectivity index (χ3v) is 5.31. The zero-order valence-corrected chi connectivity index (χ0v) is 17.6. The molecule has 1 heterocycles. The molecule has 3 aromatic rings. The van der Waals surface area contributed by atoms with Gasteiger partial charge in [-0.25, -0.2) is 13.5 Å². The van der Waals surface area contributed by atoms with Gasteiger partial charge in [-0.2, -0.15) is 0 Å². The normalized spacial score (nSPS) is 10.5. The molecule has 150 valence electrons. The minimum Gasteiger partial charge on any atom is -0.496 e. The number of carbonyl (C=O) groups excluding carboxylic acids is 1. The highest BCUT2D eigenvalue weighted by molar-refractivity contribution is 7.82. The van der Waals surface area contributed by atoms with Crippen molar-refractivity contribution in [2.24, 2.45) is 0 Å². The second kappa shape index (κ2) is 9.35. The van der Waals surface area contributed by atoms with Crippen LogP contribution in [0.4, 0.5) is 14.9 Å². The number of pyridine rings is 1. The predicted octanol–water partition coefficient (Wildman–Crippen LogP) is 5.76. The first kappa shape index (κ1) is 21.2. The Morgan fingerprint density at radius 2 is 1.97 bits per heavy atom. The van der Waals surface area contributed by atoms with Gasteiger partial charge < -0.3 is 10.1 Å². The van der Waals surface area contributed by atoms with Crippen molar-refractivity contribution in [2.75, 3.05) is 11.4 Å². The fourth-order valence-corrected chi connectivity index (χ4v) is 3.40. The number of benzene rings is 2. The summed E-state index contributed by atoms with van der Waals surface area (Å²) in [6, 6.07) is 12.3. The predicted molar refractivity (Wildman–Crippen MR) is 116 cm³/mol. The maximum Gasteiger partial charge on any atom is 0.332 e. The zero-order valence-electron chi connectivity index (χ0n) is 15.2. The number of nitrogens with zero attached hydrogens (tertiary/aromatic N) is 2. The molecule has 2 amide bonds. The summed E-state index contributed by atoms with van der Waals surface area (Å²) in [5, 5.41) is 3.23. The molecule has 29 heavy (non-hydrogen) atoms. The Kier molecular flexibility index (Phi) is 6.84. The van der Waals surface area contributed by atoms with E-state index < -0.39 is 11.8 Å². The molecule has 0 unspecified atom stereocenters. The smallest absolute Gasteiger partial charge is 0.332 e. The van der Waals surface area contributed by atoms with Crippen LogP contribution in [-0.4, -0.2) is 18.1 Å². The van der Waals surface area contributed by atoms with Crippen molar-refractivity contribution < 1.29 is 13.9 Å². The van der Waals surface area contributed by atoms with Crippen LogP contribution in [0.1, 0.15) is 5.56 Å². The van der Waals surface area contributed by atoms with E-state index in [2.05, 4.69) is 23.1 Å². The second-order valence-electron chi connectivity index (χ2n) is 5.87. The summed E-state index contributed by atoms with van der Waals surface area (Å²) in [6.07, 6.45) is 1.54. The molecule has 1 N–H and O–H groups in total. The lowest BCUT2D eigenvalue weighted by Crippen LogP contribution is -2.33. The molecule has 1 aromatic heterocycles. The Labute approximate surface area is 183 Å². The molecule has 0 aliphatic heterocycles. The van der Waals surface area contributed by atoms with Crippen molar-refractivity contribution in [1.29, 1.82) is 0 Å². The second-order valence-corrected chi connectivity index (χ2v) is 7.06. The number of ether oxygens (including phenoxy) is 1. The Morgan fingerprint density at radius 1 is 1.21 bits per heavy atom. The lowest BCUT2D eigenvalue weighted by molar-refractivity contribution is 0.249. The van der Waals surface area contributed by atoms with E-state index >= 15 is 0 Å². The number of thiol groups is 1. The molecule has 5 nitrogen and oxygen atoms in total. The van der Waals surface area contributed by atoms with Gasteiger partial charge in [-0.05, 0) is 35.9 Å². The minimum absolute atomic E-state index is 0.0781. The van der Waals surface area contributed by atoms with E-state index in [-0.39, 0.29) is 17.1 Å². The number of aromatic nitrogens is 1. The van der Waals surface area contributed by atoms with Crippen LogP contribution in [0, 0.1) is 5.82 Å². The fourth-order valence-electron chi connectivity index (χ4n) is 2.72. The first-order chi connectivity index (χ1) is 13.9. The molecule has 0 radical (unpaired) electrons. The van der Waals surface area contributed by atoms with Crippen LogP contribution in [-0.2, 0) is 6.54 Å². The molecule has 0 aliphatic carbocycles. The maximum atomic E-state index is 14.5. The van der Waals surface area contributed by atoms with Gasteiger partial charge in [0.15, 0.2) is 0 Å². The summed E-state index contributed by atoms with van der Waals surface area (Å²) in [5.74, 6) is -0.130. The Balaban J connectivity index is 1.84. The van der Waals surface area contributed by atoms with Gasteiger partial charge in [-0.3, -0.25) is 4.98 Å². The molecule has 0 spiro atoms. The largest absolute Gasteiger partial charge is 0.496 e. The fraction of sp³-hybridized carbons (Fsp3) is 0.100. The number of nitrogens with one attached hydrogen (secondary N) is 1. The van der Waals surface area contributed by atoms with Crippen LogP contribution in [0.5, 0.6) is 5.75 Å². The Morgan fingerprint density at radius 3 is 2.72 bits per heavy atom. The molecular formula is C20H16Cl2FN3O2S. The molecule has 3 rings (SSSR count). The standard InChI is InChI=1S/C20H16Cl2FN3O2S/c1-28-16-9-3-7-14(23)17(16)19-12(5-4-10-24-19)11-25-20(27)26(29)15-8-2-6-13(21)18(15)22/h2-10,29H,11H2,1H3,(H,25,27). The molecule has 2 aromatic carbocycles. The first-order valence-corrected chi connectivity index (χ1v) is 9.57. The number of hydrogen-bond acceptors (Lipinski definition) is 4. The van der Waals surface area contributed by atoms with Crippen molar-refractivity contribution in [3.63, 3.8) is 0 Å². The Hall–Kier alpha value is -2.48. The molecular weight excluding hydrogens is 436 g/mol. The molecule has 0 fully saturated rings. The quantitative estimate of drug-likeness (QED) is 0.484. The number of rotatable bonds is 5. The lowest BCUT2D eigenvalue weighted by atomic mass is 10.0. The van der Waals surface area contributed by atoms with E-state index in [1.54, 1.807) is 48.7 Å². The highest BCUT2D eigenvalue weighted by Crippen LogP contribution is 2.34. The monoisotopic (exact) mass is 451 g/mol. The van der Waals surface area contributed by atoms with E-state index in [0.29, 0.717) is 27.7 Å². The van der Waals surface area contributed by atoms with E-state index in [4.69, 9.17) is 27.9 Å². The average Bonchev–Trinajstić information content (AvgIpc) is 2.73. The number of hydrogen-bond donors (Lipinski definition) is 2. The molecule has 9 heteroatoms. The van der Waals surface area contributed by atoms with E-state index in [0.717, 1.165) is 4.31 Å². The molecule has 0 saturated heterocycles. The summed E-state index contributed by atoms with van der Waals surface area (Å²) >= 11 is 16.3. The van der Waals surface area contributed by atoms with Gasteiger partial charge in [0, 0.05) is 12.7 Å². The third kappa shape index (κ3) is 4.58. The highest BCUT2D eigenvalue weighted by Gasteiger charge is 2.19. The number of halogens is 3. The maximum absolute atomic E-state index is 14.5. The molecule has 0 atom stereocenters. The summed E-state index contributed by atoms with van der Waals surface area (Å²) in [5.41, 5.74) is 1.53. The summed E-state index contributed by atoms with van der Waals surface area (Å²) in [4.78, 5) is 16.8. The summed E-state index contributed by atoms with van der Waals surface area (Å²) < 4.78 is 20.8. The van der Waals surface area contributed by atoms with Gasteiger partial charge in [-0.1, -0.05) is 54.2 Å². The van der Waals surface area contributed by atoms with Crippen molar-refractivity contribution >= 4 is 47.7 Å².